The van der Waals surface area contributed by atoms with Gasteiger partial charge in [0.05, 0.1) is 6.42 Å². The molecule has 0 aliphatic heterocycles. The summed E-state index contributed by atoms with van der Waals surface area (Å²) in [6.07, 6.45) is 0.739. The van der Waals surface area contributed by atoms with Gasteiger partial charge in [-0.15, -0.1) is 0 Å². The van der Waals surface area contributed by atoms with Crippen molar-refractivity contribution < 1.29 is 14.7 Å². The molecule has 0 rings (SSSR count). The quantitative estimate of drug-likeness (QED) is 0.728. The van der Waals surface area contributed by atoms with Gasteiger partial charge in [0.15, 0.2) is 0 Å². The summed E-state index contributed by atoms with van der Waals surface area (Å²) in [6, 6.07) is -0.731. The van der Waals surface area contributed by atoms with Crippen LogP contribution in [0, 0.1) is 10.8 Å². The van der Waals surface area contributed by atoms with E-state index in [-0.39, 0.29) is 28.8 Å². The van der Waals surface area contributed by atoms with Gasteiger partial charge in [-0.05, 0) is 31.1 Å². The van der Waals surface area contributed by atoms with Crippen LogP contribution in [0.5, 0.6) is 0 Å². The van der Waals surface area contributed by atoms with E-state index in [2.05, 4.69) is 31.4 Å². The van der Waals surface area contributed by atoms with Crippen LogP contribution in [0.4, 0.5) is 4.79 Å². The minimum atomic E-state index is -0.913. The zero-order valence-corrected chi connectivity index (χ0v) is 14.8. The van der Waals surface area contributed by atoms with Crippen LogP contribution >= 0.6 is 0 Å². The molecule has 3 N–H and O–H groups in total. The summed E-state index contributed by atoms with van der Waals surface area (Å²) >= 11 is 0. The van der Waals surface area contributed by atoms with E-state index < -0.39 is 12.0 Å². The van der Waals surface area contributed by atoms with Crippen LogP contribution in [0.25, 0.3) is 0 Å². The van der Waals surface area contributed by atoms with Gasteiger partial charge in [-0.2, -0.15) is 0 Å². The highest BCUT2D eigenvalue weighted by Crippen LogP contribution is 2.27. The fourth-order valence-electron chi connectivity index (χ4n) is 2.62. The molecule has 0 radical (unpaired) electrons. The maximum absolute atomic E-state index is 12.2. The Bertz CT molecular complexity index is 376. The van der Waals surface area contributed by atoms with Gasteiger partial charge in [0, 0.05) is 11.6 Å². The number of carbonyl (C=O) groups excluding carboxylic acids is 1. The number of rotatable bonds is 5. The Morgan fingerprint density at radius 1 is 1.00 bits per heavy atom. The molecule has 5 nitrogen and oxygen atoms in total. The lowest BCUT2D eigenvalue weighted by molar-refractivity contribution is -0.138. The Labute approximate surface area is 128 Å². The molecule has 1 unspecified atom stereocenters. The second-order valence-electron chi connectivity index (χ2n) is 8.74. The van der Waals surface area contributed by atoms with Crippen molar-refractivity contribution in [2.45, 2.75) is 79.8 Å². The van der Waals surface area contributed by atoms with Crippen LogP contribution in [0.15, 0.2) is 0 Å². The predicted molar refractivity (Wildman–Crippen MR) is 85.3 cm³/mol. The first-order valence-electron chi connectivity index (χ1n) is 7.43. The standard InChI is InChI=1S/C16H32N2O3/c1-14(2,3)10-16(7,8)18-13(21)17-11(9-12(19)20)15(4,5)6/h11H,9-10H2,1-8H3,(H,19,20)(H2,17,18,21). The average molecular weight is 300 g/mol. The minimum Gasteiger partial charge on any atom is -0.481 e. The molecule has 5 heteroatoms. The number of aliphatic carboxylic acids is 1. The number of carbonyl (C=O) groups is 2. The number of hydrogen-bond donors (Lipinski definition) is 3. The third-order valence-corrected chi connectivity index (χ3v) is 3.15. The van der Waals surface area contributed by atoms with Gasteiger partial charge >= 0.3 is 12.0 Å². The Morgan fingerprint density at radius 3 is 1.81 bits per heavy atom. The second-order valence-corrected chi connectivity index (χ2v) is 8.74. The maximum Gasteiger partial charge on any atom is 0.315 e. The molecular formula is C16H32N2O3. The van der Waals surface area contributed by atoms with Gasteiger partial charge in [-0.25, -0.2) is 4.79 Å². The van der Waals surface area contributed by atoms with E-state index in [1.807, 2.05) is 34.6 Å². The van der Waals surface area contributed by atoms with Crippen molar-refractivity contribution in [1.82, 2.24) is 10.6 Å². The number of amides is 2. The Morgan fingerprint density at radius 2 is 1.48 bits per heavy atom. The number of urea groups is 1. The molecule has 0 aliphatic carbocycles. The zero-order valence-electron chi connectivity index (χ0n) is 14.8. The lowest BCUT2D eigenvalue weighted by Crippen LogP contribution is -2.55. The molecule has 0 spiro atoms. The molecular weight excluding hydrogens is 268 g/mol. The second kappa shape index (κ2) is 6.67. The molecule has 0 heterocycles. The Balaban J connectivity index is 4.75. The normalized spacial score (nSPS) is 14.5. The van der Waals surface area contributed by atoms with E-state index in [0.29, 0.717) is 0 Å². The van der Waals surface area contributed by atoms with Crippen LogP contribution in [-0.4, -0.2) is 28.7 Å². The van der Waals surface area contributed by atoms with E-state index in [0.717, 1.165) is 6.42 Å². The molecule has 21 heavy (non-hydrogen) atoms. The molecule has 0 aromatic carbocycles. The van der Waals surface area contributed by atoms with E-state index in [4.69, 9.17) is 5.11 Å². The number of carboxylic acid groups (broad SMARTS) is 1. The zero-order chi connectivity index (χ0) is 17.1. The highest BCUT2D eigenvalue weighted by Gasteiger charge is 2.31. The van der Waals surface area contributed by atoms with E-state index in [9.17, 15) is 9.59 Å². The van der Waals surface area contributed by atoms with Gasteiger partial charge in [-0.1, -0.05) is 41.5 Å². The fourth-order valence-corrected chi connectivity index (χ4v) is 2.62. The first-order chi connectivity index (χ1) is 9.12. The number of nitrogens with one attached hydrogen (secondary N) is 2. The molecule has 0 aliphatic rings. The molecule has 0 aromatic heterocycles. The van der Waals surface area contributed by atoms with Crippen molar-refractivity contribution >= 4 is 12.0 Å². The Kier molecular flexibility index (Phi) is 6.27. The summed E-state index contributed by atoms with van der Waals surface area (Å²) in [5.41, 5.74) is -0.570. The van der Waals surface area contributed by atoms with Crippen LogP contribution in [0.3, 0.4) is 0 Å². The van der Waals surface area contributed by atoms with Gasteiger partial charge < -0.3 is 15.7 Å². The van der Waals surface area contributed by atoms with Gasteiger partial charge in [0.1, 0.15) is 0 Å². The maximum atomic E-state index is 12.2. The van der Waals surface area contributed by atoms with Crippen molar-refractivity contribution in [3.05, 3.63) is 0 Å². The van der Waals surface area contributed by atoms with Crippen molar-refractivity contribution in [1.29, 1.82) is 0 Å². The smallest absolute Gasteiger partial charge is 0.315 e. The molecule has 0 saturated carbocycles. The summed E-state index contributed by atoms with van der Waals surface area (Å²) in [5, 5.41) is 14.7. The summed E-state index contributed by atoms with van der Waals surface area (Å²) < 4.78 is 0. The summed E-state index contributed by atoms with van der Waals surface area (Å²) in [6.45, 7) is 16.1. The first-order valence-corrected chi connectivity index (χ1v) is 7.43. The van der Waals surface area contributed by atoms with Gasteiger partial charge in [0.2, 0.25) is 0 Å². The highest BCUT2D eigenvalue weighted by atomic mass is 16.4. The van der Waals surface area contributed by atoms with Crippen LogP contribution < -0.4 is 10.6 Å². The fraction of sp³-hybridized carbons (Fsp3) is 0.875. The van der Waals surface area contributed by atoms with Crippen molar-refractivity contribution in [2.24, 2.45) is 10.8 Å². The van der Waals surface area contributed by atoms with E-state index >= 15 is 0 Å². The largest absolute Gasteiger partial charge is 0.481 e. The molecule has 0 bridgehead atoms. The lowest BCUT2D eigenvalue weighted by atomic mass is 9.82. The van der Waals surface area contributed by atoms with E-state index in [1.54, 1.807) is 0 Å². The lowest BCUT2D eigenvalue weighted by Gasteiger charge is -2.35. The third kappa shape index (κ3) is 9.32. The molecule has 0 aromatic rings. The van der Waals surface area contributed by atoms with Gasteiger partial charge in [-0.3, -0.25) is 4.79 Å². The van der Waals surface area contributed by atoms with Crippen molar-refractivity contribution in [3.8, 4) is 0 Å². The van der Waals surface area contributed by atoms with Crippen molar-refractivity contribution in [2.75, 3.05) is 0 Å². The average Bonchev–Trinajstić information content (AvgIpc) is 2.08. The van der Waals surface area contributed by atoms with E-state index in [1.165, 1.54) is 0 Å². The highest BCUT2D eigenvalue weighted by molar-refractivity contribution is 5.76. The molecule has 0 fully saturated rings. The van der Waals surface area contributed by atoms with Crippen LogP contribution in [-0.2, 0) is 4.79 Å². The molecule has 124 valence electrons. The minimum absolute atomic E-state index is 0.0867. The molecule has 0 saturated heterocycles. The third-order valence-electron chi connectivity index (χ3n) is 3.15. The summed E-state index contributed by atoms with van der Waals surface area (Å²) in [7, 11) is 0. The SMILES string of the molecule is CC(C)(C)CC(C)(C)NC(=O)NC(CC(=O)O)C(C)(C)C. The predicted octanol–water partition coefficient (Wildman–Crippen LogP) is 3.39. The summed E-state index contributed by atoms with van der Waals surface area (Å²) in [5.74, 6) is -0.913. The van der Waals surface area contributed by atoms with Crippen LogP contribution in [0.1, 0.15) is 68.2 Å². The molecule has 2 amide bonds. The monoisotopic (exact) mass is 300 g/mol. The van der Waals surface area contributed by atoms with Gasteiger partial charge in [0.25, 0.3) is 0 Å². The number of hydrogen-bond acceptors (Lipinski definition) is 2. The van der Waals surface area contributed by atoms with Crippen LogP contribution in [0.2, 0.25) is 0 Å². The summed E-state index contributed by atoms with van der Waals surface area (Å²) in [4.78, 5) is 23.1. The topological polar surface area (TPSA) is 78.4 Å². The Hall–Kier alpha value is -1.26. The first kappa shape index (κ1) is 19.7. The molecule has 1 atom stereocenters. The van der Waals surface area contributed by atoms with Crippen molar-refractivity contribution in [3.63, 3.8) is 0 Å². The number of carboxylic acids is 1.